The fraction of sp³-hybridized carbons (Fsp3) is 0.158. The summed E-state index contributed by atoms with van der Waals surface area (Å²) in [6, 6.07) is 15.1. The molecule has 0 bridgehead atoms. The SMILES string of the molecule is CC(NC(=O)c1cncn1-c1ccccc1)c1ccc2c(c1)OCO2. The van der Waals surface area contributed by atoms with Gasteiger partial charge in [-0.25, -0.2) is 4.98 Å². The molecule has 3 aromatic rings. The van der Waals surface area contributed by atoms with Crippen LogP contribution in [0.3, 0.4) is 0 Å². The van der Waals surface area contributed by atoms with Crippen molar-refractivity contribution in [2.75, 3.05) is 6.79 Å². The van der Waals surface area contributed by atoms with Crippen molar-refractivity contribution in [2.24, 2.45) is 0 Å². The fourth-order valence-electron chi connectivity index (χ4n) is 2.79. The monoisotopic (exact) mass is 335 g/mol. The molecule has 0 saturated heterocycles. The minimum absolute atomic E-state index is 0.180. The van der Waals surface area contributed by atoms with Crippen LogP contribution in [0.4, 0.5) is 0 Å². The maximum Gasteiger partial charge on any atom is 0.270 e. The average molecular weight is 335 g/mol. The minimum atomic E-state index is -0.188. The van der Waals surface area contributed by atoms with Crippen molar-refractivity contribution in [2.45, 2.75) is 13.0 Å². The number of fused-ring (bicyclic) bond motifs is 1. The molecule has 1 atom stereocenters. The fourth-order valence-corrected chi connectivity index (χ4v) is 2.79. The van der Waals surface area contributed by atoms with Gasteiger partial charge in [0.05, 0.1) is 18.6 Å². The van der Waals surface area contributed by atoms with Gasteiger partial charge in [0, 0.05) is 5.69 Å². The smallest absolute Gasteiger partial charge is 0.270 e. The van der Waals surface area contributed by atoms with Crippen molar-refractivity contribution in [3.8, 4) is 17.2 Å². The van der Waals surface area contributed by atoms with E-state index in [0.717, 1.165) is 17.0 Å². The zero-order chi connectivity index (χ0) is 17.2. The van der Waals surface area contributed by atoms with Gasteiger partial charge < -0.3 is 14.8 Å². The third-order valence-electron chi connectivity index (χ3n) is 4.15. The van der Waals surface area contributed by atoms with E-state index in [2.05, 4.69) is 10.3 Å². The van der Waals surface area contributed by atoms with Gasteiger partial charge in [0.2, 0.25) is 6.79 Å². The largest absolute Gasteiger partial charge is 0.454 e. The Balaban J connectivity index is 1.54. The number of ether oxygens (including phenoxy) is 2. The van der Waals surface area contributed by atoms with E-state index in [4.69, 9.17) is 9.47 Å². The highest BCUT2D eigenvalue weighted by Crippen LogP contribution is 2.34. The number of rotatable bonds is 4. The maximum atomic E-state index is 12.7. The van der Waals surface area contributed by atoms with Crippen LogP contribution in [0.15, 0.2) is 61.1 Å². The van der Waals surface area contributed by atoms with Gasteiger partial charge in [-0.2, -0.15) is 0 Å². The molecule has 1 N–H and O–H groups in total. The maximum absolute atomic E-state index is 12.7. The Morgan fingerprint density at radius 2 is 1.96 bits per heavy atom. The van der Waals surface area contributed by atoms with Gasteiger partial charge in [-0.1, -0.05) is 24.3 Å². The number of carbonyl (C=O) groups excluding carboxylic acids is 1. The molecule has 25 heavy (non-hydrogen) atoms. The summed E-state index contributed by atoms with van der Waals surface area (Å²) < 4.78 is 12.5. The highest BCUT2D eigenvalue weighted by atomic mass is 16.7. The van der Waals surface area contributed by atoms with Crippen molar-refractivity contribution < 1.29 is 14.3 Å². The molecular formula is C19H17N3O3. The molecule has 1 aliphatic rings. The van der Waals surface area contributed by atoms with Gasteiger partial charge in [0.15, 0.2) is 11.5 Å². The summed E-state index contributed by atoms with van der Waals surface area (Å²) in [5, 5.41) is 3.00. The quantitative estimate of drug-likeness (QED) is 0.796. The molecule has 4 rings (SSSR count). The lowest BCUT2D eigenvalue weighted by atomic mass is 10.1. The lowest BCUT2D eigenvalue weighted by Gasteiger charge is -2.15. The highest BCUT2D eigenvalue weighted by Gasteiger charge is 2.19. The van der Waals surface area contributed by atoms with E-state index in [0.29, 0.717) is 11.4 Å². The van der Waals surface area contributed by atoms with Crippen LogP contribution in [0.5, 0.6) is 11.5 Å². The Kier molecular flexibility index (Phi) is 3.85. The number of imidazole rings is 1. The molecule has 6 heteroatoms. The average Bonchev–Trinajstić information content (AvgIpc) is 3.31. The van der Waals surface area contributed by atoms with Crippen LogP contribution >= 0.6 is 0 Å². The standard InChI is InChI=1S/C19H17N3O3/c1-13(14-7-8-17-18(9-14)25-12-24-17)21-19(23)16-10-20-11-22(16)15-5-3-2-4-6-15/h2-11,13H,12H2,1H3,(H,21,23). The summed E-state index contributed by atoms with van der Waals surface area (Å²) in [7, 11) is 0. The minimum Gasteiger partial charge on any atom is -0.454 e. The summed E-state index contributed by atoms with van der Waals surface area (Å²) >= 11 is 0. The first-order valence-corrected chi connectivity index (χ1v) is 8.00. The van der Waals surface area contributed by atoms with Crippen LogP contribution in [0.1, 0.15) is 29.0 Å². The summed E-state index contributed by atoms with van der Waals surface area (Å²) in [5.74, 6) is 1.24. The van der Waals surface area contributed by atoms with E-state index in [-0.39, 0.29) is 18.7 Å². The van der Waals surface area contributed by atoms with Gasteiger partial charge in [-0.05, 0) is 36.8 Å². The van der Waals surface area contributed by atoms with Gasteiger partial charge in [0.25, 0.3) is 5.91 Å². The molecule has 1 aromatic heterocycles. The second-order valence-electron chi connectivity index (χ2n) is 5.79. The van der Waals surface area contributed by atoms with Gasteiger partial charge >= 0.3 is 0 Å². The second-order valence-corrected chi connectivity index (χ2v) is 5.79. The lowest BCUT2D eigenvalue weighted by molar-refractivity contribution is 0.0933. The van der Waals surface area contributed by atoms with Gasteiger partial charge in [0.1, 0.15) is 5.69 Å². The number of para-hydroxylation sites is 1. The number of nitrogens with one attached hydrogen (secondary N) is 1. The number of nitrogens with zero attached hydrogens (tertiary/aromatic N) is 2. The Morgan fingerprint density at radius 1 is 1.16 bits per heavy atom. The topological polar surface area (TPSA) is 65.4 Å². The molecule has 0 aliphatic carbocycles. The Labute approximate surface area is 145 Å². The number of carbonyl (C=O) groups is 1. The van der Waals surface area contributed by atoms with E-state index >= 15 is 0 Å². The molecule has 1 aliphatic heterocycles. The zero-order valence-electron chi connectivity index (χ0n) is 13.7. The van der Waals surface area contributed by atoms with Crippen LogP contribution in [-0.4, -0.2) is 22.3 Å². The Bertz CT molecular complexity index is 905. The van der Waals surface area contributed by atoms with Crippen molar-refractivity contribution in [1.82, 2.24) is 14.9 Å². The van der Waals surface area contributed by atoms with E-state index in [1.54, 1.807) is 17.1 Å². The number of hydrogen-bond acceptors (Lipinski definition) is 4. The van der Waals surface area contributed by atoms with Gasteiger partial charge in [-0.3, -0.25) is 9.36 Å². The normalized spacial score (nSPS) is 13.5. The van der Waals surface area contributed by atoms with E-state index < -0.39 is 0 Å². The molecule has 126 valence electrons. The molecule has 2 heterocycles. The first kappa shape index (κ1) is 15.3. The molecule has 0 saturated carbocycles. The summed E-state index contributed by atoms with van der Waals surface area (Å²) in [6.07, 6.45) is 3.20. The van der Waals surface area contributed by atoms with E-state index in [1.807, 2.05) is 55.5 Å². The van der Waals surface area contributed by atoms with Crippen LogP contribution in [0, 0.1) is 0 Å². The van der Waals surface area contributed by atoms with Crippen LogP contribution in [0.2, 0.25) is 0 Å². The zero-order valence-corrected chi connectivity index (χ0v) is 13.7. The van der Waals surface area contributed by atoms with Gasteiger partial charge in [-0.15, -0.1) is 0 Å². The summed E-state index contributed by atoms with van der Waals surface area (Å²) in [5.41, 5.74) is 2.32. The molecule has 0 spiro atoms. The van der Waals surface area contributed by atoms with E-state index in [1.165, 1.54) is 0 Å². The molecule has 2 aromatic carbocycles. The van der Waals surface area contributed by atoms with Crippen molar-refractivity contribution >= 4 is 5.91 Å². The van der Waals surface area contributed by atoms with E-state index in [9.17, 15) is 4.79 Å². The first-order valence-electron chi connectivity index (χ1n) is 8.00. The Hall–Kier alpha value is -3.28. The summed E-state index contributed by atoms with van der Waals surface area (Å²) in [4.78, 5) is 16.8. The van der Waals surface area contributed by atoms with Crippen molar-refractivity contribution in [1.29, 1.82) is 0 Å². The molecule has 6 nitrogen and oxygen atoms in total. The van der Waals surface area contributed by atoms with Crippen molar-refractivity contribution in [3.05, 3.63) is 72.3 Å². The molecule has 1 unspecified atom stereocenters. The van der Waals surface area contributed by atoms with Crippen LogP contribution in [0.25, 0.3) is 5.69 Å². The molecule has 1 amide bonds. The Morgan fingerprint density at radius 3 is 2.80 bits per heavy atom. The first-order chi connectivity index (χ1) is 12.2. The molecule has 0 fully saturated rings. The van der Waals surface area contributed by atoms with Crippen LogP contribution in [-0.2, 0) is 0 Å². The second kappa shape index (κ2) is 6.32. The molecule has 0 radical (unpaired) electrons. The lowest BCUT2D eigenvalue weighted by Crippen LogP contribution is -2.28. The number of hydrogen-bond donors (Lipinski definition) is 1. The number of aromatic nitrogens is 2. The predicted octanol–water partition coefficient (Wildman–Crippen LogP) is 3.09. The van der Waals surface area contributed by atoms with Crippen molar-refractivity contribution in [3.63, 3.8) is 0 Å². The number of amides is 1. The third kappa shape index (κ3) is 2.94. The van der Waals surface area contributed by atoms with Crippen LogP contribution < -0.4 is 14.8 Å². The molecular weight excluding hydrogens is 318 g/mol. The summed E-state index contributed by atoms with van der Waals surface area (Å²) in [6.45, 7) is 2.16. The predicted molar refractivity (Wildman–Crippen MR) is 92.0 cm³/mol. The highest BCUT2D eigenvalue weighted by molar-refractivity contribution is 5.93. The number of benzene rings is 2. The third-order valence-corrected chi connectivity index (χ3v) is 4.15.